The summed E-state index contributed by atoms with van der Waals surface area (Å²) >= 11 is 2.88. The Balaban J connectivity index is 2.06. The van der Waals surface area contributed by atoms with Crippen LogP contribution in [0.3, 0.4) is 0 Å². The molecule has 4 nitrogen and oxygen atoms in total. The van der Waals surface area contributed by atoms with Crippen LogP contribution in [0.4, 0.5) is 5.69 Å². The van der Waals surface area contributed by atoms with Crippen LogP contribution in [0.15, 0.2) is 29.4 Å². The molecule has 0 fully saturated rings. The molecule has 0 aliphatic rings. The number of carboxylic acid groups (broad SMARTS) is 1. The third-order valence-corrected chi connectivity index (χ3v) is 4.44. The highest BCUT2D eigenvalue weighted by molar-refractivity contribution is 7.98. The highest BCUT2D eigenvalue weighted by Gasteiger charge is 2.11. The van der Waals surface area contributed by atoms with Crippen molar-refractivity contribution in [3.63, 3.8) is 0 Å². The monoisotopic (exact) mass is 280 g/mol. The standard InChI is InChI=1S/C12H12N2O2S2/c1-7-8(4-10(18-7)12(15)16)6-17-11-3-2-9(13)5-14-11/h2-5H,6,13H2,1H3,(H,15,16). The van der Waals surface area contributed by atoms with E-state index in [9.17, 15) is 4.79 Å². The molecule has 2 heterocycles. The second-order valence-electron chi connectivity index (χ2n) is 3.72. The molecular weight excluding hydrogens is 268 g/mol. The first-order valence-electron chi connectivity index (χ1n) is 5.23. The number of carbonyl (C=O) groups is 1. The maximum atomic E-state index is 10.9. The molecule has 3 N–H and O–H groups in total. The fourth-order valence-electron chi connectivity index (χ4n) is 1.40. The van der Waals surface area contributed by atoms with E-state index in [0.717, 1.165) is 15.5 Å². The number of rotatable bonds is 4. The van der Waals surface area contributed by atoms with Crippen LogP contribution >= 0.6 is 23.1 Å². The molecule has 18 heavy (non-hydrogen) atoms. The number of nitrogen functional groups attached to an aromatic ring is 1. The number of thioether (sulfide) groups is 1. The van der Waals surface area contributed by atoms with E-state index in [1.165, 1.54) is 11.3 Å². The van der Waals surface area contributed by atoms with Gasteiger partial charge in [0, 0.05) is 10.6 Å². The van der Waals surface area contributed by atoms with Crippen LogP contribution < -0.4 is 5.73 Å². The molecule has 0 amide bonds. The number of hydrogen-bond acceptors (Lipinski definition) is 5. The van der Waals surface area contributed by atoms with Gasteiger partial charge in [-0.2, -0.15) is 0 Å². The van der Waals surface area contributed by atoms with Gasteiger partial charge in [-0.25, -0.2) is 9.78 Å². The summed E-state index contributed by atoms with van der Waals surface area (Å²) in [4.78, 5) is 16.5. The molecule has 0 atom stereocenters. The van der Waals surface area contributed by atoms with Crippen LogP contribution in [-0.2, 0) is 5.75 Å². The predicted octanol–water partition coefficient (Wildman–Crippen LogP) is 3.02. The smallest absolute Gasteiger partial charge is 0.345 e. The molecule has 0 bridgehead atoms. The van der Waals surface area contributed by atoms with E-state index in [1.807, 2.05) is 13.0 Å². The largest absolute Gasteiger partial charge is 0.477 e. The first-order valence-corrected chi connectivity index (χ1v) is 7.03. The Morgan fingerprint density at radius 1 is 1.56 bits per heavy atom. The summed E-state index contributed by atoms with van der Waals surface area (Å²) in [6, 6.07) is 5.39. The van der Waals surface area contributed by atoms with Gasteiger partial charge < -0.3 is 10.8 Å². The first-order chi connectivity index (χ1) is 8.56. The van der Waals surface area contributed by atoms with Gasteiger partial charge in [-0.15, -0.1) is 23.1 Å². The first kappa shape index (κ1) is 12.9. The quantitative estimate of drug-likeness (QED) is 0.842. The molecule has 0 radical (unpaired) electrons. The Morgan fingerprint density at radius 3 is 2.89 bits per heavy atom. The van der Waals surface area contributed by atoms with Crippen molar-refractivity contribution in [2.75, 3.05) is 5.73 Å². The summed E-state index contributed by atoms with van der Waals surface area (Å²) < 4.78 is 0. The van der Waals surface area contributed by atoms with Crippen LogP contribution in [0.2, 0.25) is 0 Å². The van der Waals surface area contributed by atoms with Gasteiger partial charge in [0.15, 0.2) is 0 Å². The molecule has 0 aromatic carbocycles. The normalized spacial score (nSPS) is 10.5. The molecule has 2 rings (SSSR count). The third kappa shape index (κ3) is 3.02. The Hall–Kier alpha value is -1.53. The third-order valence-electron chi connectivity index (χ3n) is 2.37. The fourth-order valence-corrected chi connectivity index (χ4v) is 3.26. The zero-order valence-corrected chi connectivity index (χ0v) is 11.3. The van der Waals surface area contributed by atoms with Crippen LogP contribution in [-0.4, -0.2) is 16.1 Å². The van der Waals surface area contributed by atoms with Gasteiger partial charge in [-0.1, -0.05) is 0 Å². The fraction of sp³-hybridized carbons (Fsp3) is 0.167. The number of carboxylic acids is 1. The molecule has 0 spiro atoms. The number of aromatic nitrogens is 1. The van der Waals surface area contributed by atoms with Crippen molar-refractivity contribution in [2.45, 2.75) is 17.7 Å². The van der Waals surface area contributed by atoms with E-state index in [0.29, 0.717) is 16.3 Å². The number of anilines is 1. The number of aryl methyl sites for hydroxylation is 1. The van der Waals surface area contributed by atoms with E-state index in [1.54, 1.807) is 30.1 Å². The average Bonchev–Trinajstić information content (AvgIpc) is 2.70. The maximum Gasteiger partial charge on any atom is 0.345 e. The minimum atomic E-state index is -0.870. The lowest BCUT2D eigenvalue weighted by Crippen LogP contribution is -1.90. The Labute approximate surface area is 113 Å². The topological polar surface area (TPSA) is 76.2 Å². The summed E-state index contributed by atoms with van der Waals surface area (Å²) in [7, 11) is 0. The van der Waals surface area contributed by atoms with Crippen LogP contribution in [0.25, 0.3) is 0 Å². The summed E-state index contributed by atoms with van der Waals surface area (Å²) in [5.41, 5.74) is 7.24. The van der Waals surface area contributed by atoms with Crippen LogP contribution in [0.1, 0.15) is 20.1 Å². The zero-order valence-electron chi connectivity index (χ0n) is 9.71. The SMILES string of the molecule is Cc1sc(C(=O)O)cc1CSc1ccc(N)cn1. The molecular formula is C12H12N2O2S2. The number of aromatic carboxylic acids is 1. The van der Waals surface area contributed by atoms with Crippen LogP contribution in [0, 0.1) is 6.92 Å². The molecule has 0 unspecified atom stereocenters. The number of thiophene rings is 1. The van der Waals surface area contributed by atoms with Gasteiger partial charge in [0.2, 0.25) is 0 Å². The van der Waals surface area contributed by atoms with Gasteiger partial charge in [-0.05, 0) is 30.7 Å². The minimum Gasteiger partial charge on any atom is -0.477 e. The number of nitrogens with two attached hydrogens (primary N) is 1. The Bertz CT molecular complexity index is 564. The van der Waals surface area contributed by atoms with Crippen molar-refractivity contribution in [3.8, 4) is 0 Å². The molecule has 2 aromatic rings. The summed E-state index contributed by atoms with van der Waals surface area (Å²) in [6.45, 7) is 1.93. The van der Waals surface area contributed by atoms with Gasteiger partial charge in [0.25, 0.3) is 0 Å². The Kier molecular flexibility index (Phi) is 3.88. The highest BCUT2D eigenvalue weighted by atomic mass is 32.2. The number of nitrogens with zero attached hydrogens (tertiary/aromatic N) is 1. The van der Waals surface area contributed by atoms with E-state index in [4.69, 9.17) is 10.8 Å². The lowest BCUT2D eigenvalue weighted by atomic mass is 10.3. The van der Waals surface area contributed by atoms with Crippen molar-refractivity contribution in [1.82, 2.24) is 4.98 Å². The van der Waals surface area contributed by atoms with Gasteiger partial charge in [-0.3, -0.25) is 0 Å². The average molecular weight is 280 g/mol. The van der Waals surface area contributed by atoms with Crippen molar-refractivity contribution in [3.05, 3.63) is 39.7 Å². The molecule has 0 aliphatic heterocycles. The van der Waals surface area contributed by atoms with Crippen molar-refractivity contribution < 1.29 is 9.90 Å². The minimum absolute atomic E-state index is 0.383. The molecule has 0 saturated carbocycles. The van der Waals surface area contributed by atoms with E-state index in [2.05, 4.69) is 4.98 Å². The maximum absolute atomic E-state index is 10.9. The molecule has 0 saturated heterocycles. The lowest BCUT2D eigenvalue weighted by Gasteiger charge is -2.00. The molecule has 0 aliphatic carbocycles. The highest BCUT2D eigenvalue weighted by Crippen LogP contribution is 2.28. The Morgan fingerprint density at radius 2 is 2.33 bits per heavy atom. The second kappa shape index (κ2) is 5.41. The van der Waals surface area contributed by atoms with Gasteiger partial charge in [0.05, 0.1) is 16.9 Å². The zero-order chi connectivity index (χ0) is 13.1. The van der Waals surface area contributed by atoms with Crippen molar-refractivity contribution in [2.24, 2.45) is 0 Å². The molecule has 2 aromatic heterocycles. The number of hydrogen-bond donors (Lipinski definition) is 2. The number of pyridine rings is 1. The van der Waals surface area contributed by atoms with Gasteiger partial charge >= 0.3 is 5.97 Å². The summed E-state index contributed by atoms with van der Waals surface area (Å²) in [5, 5.41) is 9.80. The second-order valence-corrected chi connectivity index (χ2v) is 5.97. The summed E-state index contributed by atoms with van der Waals surface area (Å²) in [5.74, 6) is -0.156. The van der Waals surface area contributed by atoms with E-state index >= 15 is 0 Å². The molecule has 94 valence electrons. The van der Waals surface area contributed by atoms with Gasteiger partial charge in [0.1, 0.15) is 4.88 Å². The predicted molar refractivity (Wildman–Crippen MR) is 74.2 cm³/mol. The summed E-state index contributed by atoms with van der Waals surface area (Å²) in [6.07, 6.45) is 1.62. The lowest BCUT2D eigenvalue weighted by molar-refractivity contribution is 0.0702. The van der Waals surface area contributed by atoms with E-state index < -0.39 is 5.97 Å². The van der Waals surface area contributed by atoms with E-state index in [-0.39, 0.29) is 0 Å². The molecule has 6 heteroatoms. The van der Waals surface area contributed by atoms with Crippen molar-refractivity contribution >= 4 is 34.8 Å². The van der Waals surface area contributed by atoms with Crippen LogP contribution in [0.5, 0.6) is 0 Å². The van der Waals surface area contributed by atoms with Crippen molar-refractivity contribution in [1.29, 1.82) is 0 Å².